The number of hydrogen-bond acceptors (Lipinski definition) is 5. The summed E-state index contributed by atoms with van der Waals surface area (Å²) in [4.78, 5) is 35.4. The molecule has 7 nitrogen and oxygen atoms in total. The van der Waals surface area contributed by atoms with E-state index in [-0.39, 0.29) is 23.2 Å². The van der Waals surface area contributed by atoms with Crippen LogP contribution < -0.4 is 10.6 Å². The van der Waals surface area contributed by atoms with Crippen molar-refractivity contribution in [2.45, 2.75) is 50.6 Å². The monoisotopic (exact) mass is 379 g/mol. The summed E-state index contributed by atoms with van der Waals surface area (Å²) in [6.07, 6.45) is 7.82. The Bertz CT molecular complexity index is 647. The first-order chi connectivity index (χ1) is 12.5. The lowest BCUT2D eigenvalue weighted by atomic mass is 9.95. The van der Waals surface area contributed by atoms with Gasteiger partial charge < -0.3 is 10.6 Å². The van der Waals surface area contributed by atoms with Gasteiger partial charge in [-0.05, 0) is 37.3 Å². The highest BCUT2D eigenvalue weighted by Crippen LogP contribution is 2.18. The summed E-state index contributed by atoms with van der Waals surface area (Å²) in [5.41, 5.74) is 0.0313. The first-order valence-corrected chi connectivity index (χ1v) is 10.2. The summed E-state index contributed by atoms with van der Waals surface area (Å²) in [5, 5.41) is 16.7. The molecule has 1 aliphatic rings. The quantitative estimate of drug-likeness (QED) is 0.534. The number of nitro groups is 1. The number of hydrogen-bond donors (Lipinski definition) is 2. The fourth-order valence-corrected chi connectivity index (χ4v) is 3.53. The topological polar surface area (TPSA) is 101 Å². The number of carbonyl (C=O) groups is 2. The first kappa shape index (κ1) is 20.2. The maximum absolute atomic E-state index is 12.6. The van der Waals surface area contributed by atoms with Gasteiger partial charge in [0.25, 0.3) is 11.6 Å². The third-order valence-corrected chi connectivity index (χ3v) is 5.15. The first-order valence-electron chi connectivity index (χ1n) is 8.86. The second-order valence-corrected chi connectivity index (χ2v) is 7.44. The SMILES string of the molecule is CSCCC(NC(=O)c1cccc([N+](=O)[O-])c1)C(=O)NC1CCCCC1. The third kappa shape index (κ3) is 6.01. The molecule has 0 saturated heterocycles. The Kier molecular flexibility index (Phi) is 7.90. The molecule has 0 aliphatic heterocycles. The summed E-state index contributed by atoms with van der Waals surface area (Å²) in [6.45, 7) is 0. The van der Waals surface area contributed by atoms with Crippen LogP contribution in [0.3, 0.4) is 0 Å². The van der Waals surface area contributed by atoms with E-state index in [2.05, 4.69) is 10.6 Å². The molecule has 8 heteroatoms. The number of nitro benzene ring substituents is 1. The highest BCUT2D eigenvalue weighted by molar-refractivity contribution is 7.98. The Balaban J connectivity index is 2.03. The molecular weight excluding hydrogens is 354 g/mol. The van der Waals surface area contributed by atoms with Crippen LogP contribution in [0.25, 0.3) is 0 Å². The molecule has 142 valence electrons. The highest BCUT2D eigenvalue weighted by atomic mass is 32.2. The van der Waals surface area contributed by atoms with Gasteiger partial charge in [0.05, 0.1) is 4.92 Å². The average molecular weight is 379 g/mol. The fourth-order valence-electron chi connectivity index (χ4n) is 3.06. The summed E-state index contributed by atoms with van der Waals surface area (Å²) in [7, 11) is 0. The summed E-state index contributed by atoms with van der Waals surface area (Å²) in [6, 6.07) is 5.05. The van der Waals surface area contributed by atoms with E-state index in [4.69, 9.17) is 0 Å². The maximum Gasteiger partial charge on any atom is 0.270 e. The van der Waals surface area contributed by atoms with Gasteiger partial charge in [0.15, 0.2) is 0 Å². The Hall–Kier alpha value is -2.09. The zero-order valence-electron chi connectivity index (χ0n) is 14.9. The van der Waals surface area contributed by atoms with Crippen molar-refractivity contribution >= 4 is 29.3 Å². The number of benzene rings is 1. The van der Waals surface area contributed by atoms with Gasteiger partial charge in [-0.15, -0.1) is 0 Å². The number of nitrogens with one attached hydrogen (secondary N) is 2. The predicted octanol–water partition coefficient (Wildman–Crippen LogP) is 2.90. The van der Waals surface area contributed by atoms with E-state index in [1.807, 2.05) is 6.26 Å². The molecule has 1 fully saturated rings. The van der Waals surface area contributed by atoms with Crippen molar-refractivity contribution in [1.29, 1.82) is 0 Å². The third-order valence-electron chi connectivity index (χ3n) is 4.50. The van der Waals surface area contributed by atoms with Crippen LogP contribution in [0.4, 0.5) is 5.69 Å². The van der Waals surface area contributed by atoms with Gasteiger partial charge in [0.2, 0.25) is 5.91 Å². The van der Waals surface area contributed by atoms with Crippen LogP contribution >= 0.6 is 11.8 Å². The van der Waals surface area contributed by atoms with Crippen molar-refractivity contribution < 1.29 is 14.5 Å². The molecule has 2 rings (SSSR count). The molecule has 1 aromatic carbocycles. The maximum atomic E-state index is 12.6. The number of amides is 2. The van der Waals surface area contributed by atoms with Gasteiger partial charge >= 0.3 is 0 Å². The molecule has 2 amide bonds. The van der Waals surface area contributed by atoms with Crippen molar-refractivity contribution in [2.24, 2.45) is 0 Å². The predicted molar refractivity (Wildman–Crippen MR) is 102 cm³/mol. The molecule has 0 aromatic heterocycles. The van der Waals surface area contributed by atoms with E-state index in [1.165, 1.54) is 30.7 Å². The Morgan fingerprint density at radius 2 is 2.04 bits per heavy atom. The van der Waals surface area contributed by atoms with E-state index >= 15 is 0 Å². The van der Waals surface area contributed by atoms with Crippen LogP contribution in [0, 0.1) is 10.1 Å². The van der Waals surface area contributed by atoms with Crippen molar-refractivity contribution in [1.82, 2.24) is 10.6 Å². The van der Waals surface area contributed by atoms with Crippen LogP contribution in [0.1, 0.15) is 48.9 Å². The van der Waals surface area contributed by atoms with Gasteiger partial charge in [-0.2, -0.15) is 11.8 Å². The largest absolute Gasteiger partial charge is 0.352 e. The standard InChI is InChI=1S/C18H25N3O4S/c1-26-11-10-16(18(23)19-14-7-3-2-4-8-14)20-17(22)13-6-5-9-15(12-13)21(24)25/h5-6,9,12,14,16H,2-4,7-8,10-11H2,1H3,(H,19,23)(H,20,22). The van der Waals surface area contributed by atoms with E-state index in [0.29, 0.717) is 6.42 Å². The van der Waals surface area contributed by atoms with Crippen molar-refractivity contribution in [3.05, 3.63) is 39.9 Å². The Morgan fingerprint density at radius 3 is 2.69 bits per heavy atom. The van der Waals surface area contributed by atoms with Crippen LogP contribution in [-0.4, -0.2) is 40.8 Å². The number of nitrogens with zero attached hydrogens (tertiary/aromatic N) is 1. The number of rotatable bonds is 8. The summed E-state index contributed by atoms with van der Waals surface area (Å²) in [5.74, 6) is 0.0844. The molecule has 1 saturated carbocycles. The van der Waals surface area contributed by atoms with Gasteiger partial charge in [-0.1, -0.05) is 25.3 Å². The molecular formula is C18H25N3O4S. The molecule has 0 spiro atoms. The van der Waals surface area contributed by atoms with Crippen LogP contribution in [-0.2, 0) is 4.79 Å². The van der Waals surface area contributed by atoms with Gasteiger partial charge in [-0.25, -0.2) is 0 Å². The van der Waals surface area contributed by atoms with Gasteiger partial charge in [-0.3, -0.25) is 19.7 Å². The minimum Gasteiger partial charge on any atom is -0.352 e. The molecule has 0 radical (unpaired) electrons. The Morgan fingerprint density at radius 1 is 1.31 bits per heavy atom. The van der Waals surface area contributed by atoms with Crippen LogP contribution in [0.15, 0.2) is 24.3 Å². The molecule has 1 atom stereocenters. The lowest BCUT2D eigenvalue weighted by molar-refractivity contribution is -0.384. The molecule has 2 N–H and O–H groups in total. The Labute approximate surface area is 157 Å². The molecule has 26 heavy (non-hydrogen) atoms. The molecule has 1 aliphatic carbocycles. The van der Waals surface area contributed by atoms with Crippen LogP contribution in [0.5, 0.6) is 0 Å². The molecule has 1 unspecified atom stereocenters. The molecule has 0 bridgehead atoms. The summed E-state index contributed by atoms with van der Waals surface area (Å²) < 4.78 is 0. The normalized spacial score (nSPS) is 15.9. The second-order valence-electron chi connectivity index (χ2n) is 6.46. The van der Waals surface area contributed by atoms with Crippen LogP contribution in [0.2, 0.25) is 0 Å². The lowest BCUT2D eigenvalue weighted by Crippen LogP contribution is -2.50. The van der Waals surface area contributed by atoms with E-state index < -0.39 is 16.9 Å². The van der Waals surface area contributed by atoms with Gasteiger partial charge in [0.1, 0.15) is 6.04 Å². The molecule has 0 heterocycles. The highest BCUT2D eigenvalue weighted by Gasteiger charge is 2.24. The zero-order chi connectivity index (χ0) is 18.9. The minimum absolute atomic E-state index is 0.148. The second kappa shape index (κ2) is 10.2. The fraction of sp³-hybridized carbons (Fsp3) is 0.556. The smallest absolute Gasteiger partial charge is 0.270 e. The number of thioether (sulfide) groups is 1. The number of carbonyl (C=O) groups excluding carboxylic acids is 2. The van der Waals surface area contributed by atoms with Gasteiger partial charge in [0, 0.05) is 23.7 Å². The number of non-ortho nitro benzene ring substituents is 1. The van der Waals surface area contributed by atoms with E-state index in [1.54, 1.807) is 11.8 Å². The minimum atomic E-state index is -0.642. The average Bonchev–Trinajstić information content (AvgIpc) is 2.65. The zero-order valence-corrected chi connectivity index (χ0v) is 15.7. The summed E-state index contributed by atoms with van der Waals surface area (Å²) >= 11 is 1.60. The molecule has 1 aromatic rings. The van der Waals surface area contributed by atoms with Crippen molar-refractivity contribution in [3.63, 3.8) is 0 Å². The van der Waals surface area contributed by atoms with Crippen molar-refractivity contribution in [2.75, 3.05) is 12.0 Å². The van der Waals surface area contributed by atoms with E-state index in [9.17, 15) is 19.7 Å². The van der Waals surface area contributed by atoms with E-state index in [0.717, 1.165) is 31.4 Å². The van der Waals surface area contributed by atoms with Crippen molar-refractivity contribution in [3.8, 4) is 0 Å². The lowest BCUT2D eigenvalue weighted by Gasteiger charge is -2.26.